The molecular formula is C14H20BNO4. The molecule has 0 spiro atoms. The summed E-state index contributed by atoms with van der Waals surface area (Å²) in [6.45, 7) is 11.5. The third-order valence-corrected chi connectivity index (χ3v) is 4.39. The van der Waals surface area contributed by atoms with E-state index in [0.717, 1.165) is 11.0 Å². The molecule has 0 atom stereocenters. The van der Waals surface area contributed by atoms with Gasteiger partial charge in [-0.05, 0) is 52.7 Å². The Hall–Kier alpha value is -1.40. The van der Waals surface area contributed by atoms with Gasteiger partial charge in [0.1, 0.15) is 0 Å². The van der Waals surface area contributed by atoms with Crippen LogP contribution in [0, 0.1) is 13.8 Å². The van der Waals surface area contributed by atoms with E-state index in [1.54, 1.807) is 6.92 Å². The van der Waals surface area contributed by atoms with Crippen molar-refractivity contribution in [3.8, 4) is 0 Å². The van der Waals surface area contributed by atoms with Crippen molar-refractivity contribution in [3.63, 3.8) is 0 Å². The summed E-state index contributed by atoms with van der Waals surface area (Å²) in [5, 5.41) is 9.09. The maximum atomic E-state index is 11.1. The van der Waals surface area contributed by atoms with Crippen molar-refractivity contribution in [3.05, 3.63) is 23.0 Å². The van der Waals surface area contributed by atoms with Gasteiger partial charge in [0.25, 0.3) is 0 Å². The Morgan fingerprint density at radius 1 is 1.15 bits per heavy atom. The second-order valence-corrected chi connectivity index (χ2v) is 6.21. The number of aromatic nitrogens is 1. The standard InChI is InChI=1S/C14H20BNO4/c1-8-9(2)11(12(17)18)16-7-10(8)15-19-13(3,4)14(5,6)20-15/h7H,1-6H3,(H,17,18). The van der Waals surface area contributed by atoms with Crippen LogP contribution in [0.15, 0.2) is 6.20 Å². The van der Waals surface area contributed by atoms with Crippen molar-refractivity contribution >= 4 is 18.6 Å². The van der Waals surface area contributed by atoms with E-state index in [4.69, 9.17) is 14.4 Å². The lowest BCUT2D eigenvalue weighted by molar-refractivity contribution is 0.00578. The Morgan fingerprint density at radius 3 is 2.10 bits per heavy atom. The number of carbonyl (C=O) groups is 1. The maximum Gasteiger partial charge on any atom is 0.496 e. The number of hydrogen-bond donors (Lipinski definition) is 1. The van der Waals surface area contributed by atoms with E-state index in [0.29, 0.717) is 5.56 Å². The largest absolute Gasteiger partial charge is 0.496 e. The molecule has 1 aliphatic rings. The molecule has 1 aromatic heterocycles. The summed E-state index contributed by atoms with van der Waals surface area (Å²) in [6, 6.07) is 0. The highest BCUT2D eigenvalue weighted by Crippen LogP contribution is 2.36. The number of rotatable bonds is 2. The zero-order valence-corrected chi connectivity index (χ0v) is 12.8. The van der Waals surface area contributed by atoms with E-state index in [2.05, 4.69) is 4.98 Å². The molecule has 1 fully saturated rings. The fourth-order valence-corrected chi connectivity index (χ4v) is 2.15. The first kappa shape index (κ1) is 15.0. The van der Waals surface area contributed by atoms with E-state index >= 15 is 0 Å². The van der Waals surface area contributed by atoms with Crippen LogP contribution in [0.4, 0.5) is 0 Å². The zero-order valence-electron chi connectivity index (χ0n) is 12.8. The first-order valence-electron chi connectivity index (χ1n) is 6.62. The van der Waals surface area contributed by atoms with E-state index in [1.807, 2.05) is 34.6 Å². The van der Waals surface area contributed by atoms with Crippen LogP contribution in [0.5, 0.6) is 0 Å². The third-order valence-electron chi connectivity index (χ3n) is 4.39. The summed E-state index contributed by atoms with van der Waals surface area (Å²) in [4.78, 5) is 15.1. The van der Waals surface area contributed by atoms with Crippen molar-refractivity contribution in [1.29, 1.82) is 0 Å². The molecular weight excluding hydrogens is 257 g/mol. The summed E-state index contributed by atoms with van der Waals surface area (Å²) in [5.74, 6) is -1.02. The minimum Gasteiger partial charge on any atom is -0.477 e. The van der Waals surface area contributed by atoms with Crippen LogP contribution in [0.25, 0.3) is 0 Å². The van der Waals surface area contributed by atoms with Crippen LogP contribution < -0.4 is 5.46 Å². The Kier molecular flexibility index (Phi) is 3.43. The van der Waals surface area contributed by atoms with Gasteiger partial charge in [0.15, 0.2) is 5.69 Å². The second-order valence-electron chi connectivity index (χ2n) is 6.21. The normalized spacial score (nSPS) is 20.2. The topological polar surface area (TPSA) is 68.7 Å². The number of aromatic carboxylic acids is 1. The van der Waals surface area contributed by atoms with E-state index in [1.165, 1.54) is 6.20 Å². The SMILES string of the molecule is Cc1c(B2OC(C)(C)C(C)(C)O2)cnc(C(=O)O)c1C. The number of carboxylic acid groups (broad SMARTS) is 1. The first-order valence-corrected chi connectivity index (χ1v) is 6.62. The van der Waals surface area contributed by atoms with Crippen molar-refractivity contribution in [2.45, 2.75) is 52.7 Å². The highest BCUT2D eigenvalue weighted by atomic mass is 16.7. The molecule has 0 aromatic carbocycles. The monoisotopic (exact) mass is 277 g/mol. The molecule has 0 aliphatic carbocycles. The molecule has 2 rings (SSSR count). The van der Waals surface area contributed by atoms with Crippen LogP contribution in [0.3, 0.4) is 0 Å². The minimum atomic E-state index is -1.02. The fraction of sp³-hybridized carbons (Fsp3) is 0.571. The molecule has 0 saturated carbocycles. The molecule has 1 saturated heterocycles. The Labute approximate surface area is 119 Å². The number of pyridine rings is 1. The second kappa shape index (κ2) is 4.57. The van der Waals surface area contributed by atoms with E-state index in [9.17, 15) is 4.79 Å². The smallest absolute Gasteiger partial charge is 0.477 e. The van der Waals surface area contributed by atoms with E-state index in [-0.39, 0.29) is 5.69 Å². The van der Waals surface area contributed by atoms with Gasteiger partial charge in [0.2, 0.25) is 0 Å². The molecule has 0 radical (unpaired) electrons. The van der Waals surface area contributed by atoms with Crippen molar-refractivity contribution in [2.24, 2.45) is 0 Å². The highest BCUT2D eigenvalue weighted by Gasteiger charge is 2.52. The molecule has 0 unspecified atom stereocenters. The maximum absolute atomic E-state index is 11.1. The summed E-state index contributed by atoms with van der Waals surface area (Å²) < 4.78 is 12.0. The molecule has 2 heterocycles. The predicted octanol–water partition coefficient (Wildman–Crippen LogP) is 1.70. The van der Waals surface area contributed by atoms with Gasteiger partial charge < -0.3 is 14.4 Å². The molecule has 1 N–H and O–H groups in total. The molecule has 0 amide bonds. The van der Waals surface area contributed by atoms with Crippen molar-refractivity contribution in [2.75, 3.05) is 0 Å². The van der Waals surface area contributed by atoms with Gasteiger partial charge in [0, 0.05) is 11.7 Å². The van der Waals surface area contributed by atoms with Gasteiger partial charge in [-0.15, -0.1) is 0 Å². The molecule has 1 aliphatic heterocycles. The summed E-state index contributed by atoms with van der Waals surface area (Å²) >= 11 is 0. The quantitative estimate of drug-likeness (QED) is 0.833. The average molecular weight is 277 g/mol. The first-order chi connectivity index (χ1) is 9.07. The molecule has 1 aromatic rings. The van der Waals surface area contributed by atoms with Crippen molar-refractivity contribution in [1.82, 2.24) is 4.98 Å². The van der Waals surface area contributed by atoms with Crippen LogP contribution in [0.2, 0.25) is 0 Å². The molecule has 108 valence electrons. The molecule has 5 nitrogen and oxygen atoms in total. The summed E-state index contributed by atoms with van der Waals surface area (Å²) in [6.07, 6.45) is 1.54. The third kappa shape index (κ3) is 2.23. The number of nitrogens with zero attached hydrogens (tertiary/aromatic N) is 1. The predicted molar refractivity (Wildman–Crippen MR) is 76.4 cm³/mol. The highest BCUT2D eigenvalue weighted by molar-refractivity contribution is 6.62. The average Bonchev–Trinajstić information content (AvgIpc) is 2.51. The van der Waals surface area contributed by atoms with Gasteiger partial charge >= 0.3 is 13.1 Å². The van der Waals surface area contributed by atoms with Gasteiger partial charge in [-0.3, -0.25) is 0 Å². The van der Waals surface area contributed by atoms with Gasteiger partial charge in [-0.25, -0.2) is 9.78 Å². The van der Waals surface area contributed by atoms with Gasteiger partial charge in [-0.2, -0.15) is 0 Å². The van der Waals surface area contributed by atoms with Crippen LogP contribution in [-0.2, 0) is 9.31 Å². The Balaban J connectivity index is 2.42. The van der Waals surface area contributed by atoms with Crippen LogP contribution in [-0.4, -0.2) is 34.4 Å². The fourth-order valence-electron chi connectivity index (χ4n) is 2.15. The van der Waals surface area contributed by atoms with Gasteiger partial charge in [-0.1, -0.05) is 0 Å². The van der Waals surface area contributed by atoms with Gasteiger partial charge in [0.05, 0.1) is 11.2 Å². The molecule has 0 bridgehead atoms. The number of carboxylic acids is 1. The number of hydrogen-bond acceptors (Lipinski definition) is 4. The lowest BCUT2D eigenvalue weighted by Gasteiger charge is -2.32. The zero-order chi connectivity index (χ0) is 15.3. The van der Waals surface area contributed by atoms with Crippen LogP contribution in [0.1, 0.15) is 49.3 Å². The lowest BCUT2D eigenvalue weighted by Crippen LogP contribution is -2.41. The van der Waals surface area contributed by atoms with Crippen molar-refractivity contribution < 1.29 is 19.2 Å². The minimum absolute atomic E-state index is 0.0720. The lowest BCUT2D eigenvalue weighted by atomic mass is 9.76. The summed E-state index contributed by atoms with van der Waals surface area (Å²) in [7, 11) is -0.519. The Morgan fingerprint density at radius 2 is 1.65 bits per heavy atom. The molecule has 6 heteroatoms. The van der Waals surface area contributed by atoms with Crippen LogP contribution >= 0.6 is 0 Å². The molecule has 20 heavy (non-hydrogen) atoms. The summed E-state index contributed by atoms with van der Waals surface area (Å²) in [5.41, 5.74) is 1.49. The van der Waals surface area contributed by atoms with E-state index < -0.39 is 24.3 Å². The Bertz CT molecular complexity index is 553.